The zero-order valence-corrected chi connectivity index (χ0v) is 12.9. The van der Waals surface area contributed by atoms with Gasteiger partial charge in [0, 0.05) is 18.9 Å². The maximum atomic E-state index is 12.1. The summed E-state index contributed by atoms with van der Waals surface area (Å²) >= 11 is 0. The first-order valence-electron chi connectivity index (χ1n) is 8.73. The van der Waals surface area contributed by atoms with Gasteiger partial charge in [0.05, 0.1) is 32.2 Å². The van der Waals surface area contributed by atoms with Crippen molar-refractivity contribution in [2.45, 2.75) is 70.0 Å². The molecule has 0 spiro atoms. The molecule has 2 aliphatic heterocycles. The summed E-state index contributed by atoms with van der Waals surface area (Å²) in [7, 11) is 0. The second-order valence-corrected chi connectivity index (χ2v) is 7.16. The van der Waals surface area contributed by atoms with E-state index in [1.54, 1.807) is 0 Å². The molecule has 2 saturated heterocycles. The lowest BCUT2D eigenvalue weighted by Gasteiger charge is -2.37. The van der Waals surface area contributed by atoms with Gasteiger partial charge in [0.2, 0.25) is 0 Å². The third-order valence-corrected chi connectivity index (χ3v) is 5.63. The Morgan fingerprint density at radius 2 is 1.65 bits per heavy atom. The van der Waals surface area contributed by atoms with E-state index < -0.39 is 0 Å². The zero-order chi connectivity index (χ0) is 13.9. The summed E-state index contributed by atoms with van der Waals surface area (Å²) in [6.45, 7) is 7.26. The van der Waals surface area contributed by atoms with Gasteiger partial charge in [-0.15, -0.1) is 0 Å². The highest BCUT2D eigenvalue weighted by Gasteiger charge is 2.36. The molecule has 20 heavy (non-hydrogen) atoms. The van der Waals surface area contributed by atoms with Crippen molar-refractivity contribution >= 4 is 5.91 Å². The fourth-order valence-electron chi connectivity index (χ4n) is 3.98. The lowest BCUT2D eigenvalue weighted by molar-refractivity contribution is -0.965. The van der Waals surface area contributed by atoms with E-state index in [1.807, 2.05) is 4.90 Å². The second kappa shape index (κ2) is 6.44. The van der Waals surface area contributed by atoms with Crippen molar-refractivity contribution in [2.75, 3.05) is 26.2 Å². The van der Waals surface area contributed by atoms with Crippen LogP contribution in [0.1, 0.15) is 51.9 Å². The molecule has 4 nitrogen and oxygen atoms in total. The van der Waals surface area contributed by atoms with Crippen LogP contribution in [0, 0.1) is 0 Å². The van der Waals surface area contributed by atoms with Crippen molar-refractivity contribution in [3.63, 3.8) is 0 Å². The van der Waals surface area contributed by atoms with Gasteiger partial charge in [-0.1, -0.05) is 0 Å². The molecule has 2 heterocycles. The van der Waals surface area contributed by atoms with Crippen molar-refractivity contribution in [1.82, 2.24) is 5.32 Å². The number of carbonyl (C=O) groups is 1. The smallest absolute Gasteiger partial charge is 0.278 e. The Labute approximate surface area is 122 Å². The molecular formula is C16H31N3O+2. The molecule has 0 bridgehead atoms. The fraction of sp³-hybridized carbons (Fsp3) is 0.938. The molecule has 1 saturated carbocycles. The first-order chi connectivity index (χ1) is 9.74. The summed E-state index contributed by atoms with van der Waals surface area (Å²) < 4.78 is 0. The van der Waals surface area contributed by atoms with Crippen LogP contribution in [0.25, 0.3) is 0 Å². The number of quaternary nitrogens is 2. The van der Waals surface area contributed by atoms with Crippen LogP contribution in [0.5, 0.6) is 0 Å². The van der Waals surface area contributed by atoms with E-state index in [4.69, 9.17) is 0 Å². The van der Waals surface area contributed by atoms with Gasteiger partial charge in [0.1, 0.15) is 0 Å². The lowest BCUT2D eigenvalue weighted by atomic mass is 9.99. The van der Waals surface area contributed by atoms with Gasteiger partial charge in [-0.05, 0) is 39.0 Å². The van der Waals surface area contributed by atoms with Crippen LogP contribution in [0.15, 0.2) is 0 Å². The van der Waals surface area contributed by atoms with Crippen LogP contribution in [0.4, 0.5) is 0 Å². The zero-order valence-electron chi connectivity index (χ0n) is 12.9. The van der Waals surface area contributed by atoms with Gasteiger partial charge < -0.3 is 15.1 Å². The fourth-order valence-corrected chi connectivity index (χ4v) is 3.98. The highest BCUT2D eigenvalue weighted by Crippen LogP contribution is 2.18. The highest BCUT2D eigenvalue weighted by atomic mass is 16.2. The minimum Gasteiger partial charge on any atom is -0.348 e. The van der Waals surface area contributed by atoms with E-state index >= 15 is 0 Å². The number of amides is 1. The minimum atomic E-state index is 0.146. The molecule has 0 aromatic heterocycles. The van der Waals surface area contributed by atoms with Gasteiger partial charge in [0.15, 0.2) is 6.04 Å². The molecule has 1 aliphatic carbocycles. The summed E-state index contributed by atoms with van der Waals surface area (Å²) in [5, 5.41) is 3.16. The Kier molecular flexibility index (Phi) is 4.61. The predicted molar refractivity (Wildman–Crippen MR) is 78.9 cm³/mol. The molecule has 4 heteroatoms. The molecule has 3 rings (SSSR count). The van der Waals surface area contributed by atoms with Gasteiger partial charge in [-0.2, -0.15) is 0 Å². The standard InChI is InChI=1S/C16H29N3O/c1-13(16(20)17-14-5-6-14)18-11-7-15(8-12-18)19-9-3-2-4-10-19/h13-15H,2-12H2,1H3,(H,17,20)/p+2/t13-/m1/s1. The lowest BCUT2D eigenvalue weighted by Crippen LogP contribution is -3.22. The first kappa shape index (κ1) is 14.3. The second-order valence-electron chi connectivity index (χ2n) is 7.16. The highest BCUT2D eigenvalue weighted by molar-refractivity contribution is 5.80. The maximum absolute atomic E-state index is 12.1. The van der Waals surface area contributed by atoms with E-state index in [9.17, 15) is 4.79 Å². The molecule has 3 aliphatic rings. The molecule has 0 aromatic rings. The van der Waals surface area contributed by atoms with Gasteiger partial charge in [0.25, 0.3) is 5.91 Å². The van der Waals surface area contributed by atoms with E-state index in [0.717, 1.165) is 6.04 Å². The SMILES string of the molecule is C[C@H](C(=O)NC1CC1)[NH+]1CCC([NH+]2CCCCC2)CC1. The Hall–Kier alpha value is -0.610. The van der Waals surface area contributed by atoms with Gasteiger partial charge >= 0.3 is 0 Å². The van der Waals surface area contributed by atoms with Crippen LogP contribution < -0.4 is 15.1 Å². The number of hydrogen-bond donors (Lipinski definition) is 3. The molecule has 1 amide bonds. The molecule has 114 valence electrons. The van der Waals surface area contributed by atoms with E-state index in [2.05, 4.69) is 12.2 Å². The van der Waals surface area contributed by atoms with Gasteiger partial charge in [-0.25, -0.2) is 0 Å². The number of carbonyl (C=O) groups excluding carboxylic acids is 1. The van der Waals surface area contributed by atoms with Crippen molar-refractivity contribution in [3.05, 3.63) is 0 Å². The molecular weight excluding hydrogens is 250 g/mol. The normalized spacial score (nSPS) is 33.6. The van der Waals surface area contributed by atoms with Crippen LogP contribution in [0.3, 0.4) is 0 Å². The van der Waals surface area contributed by atoms with Crippen LogP contribution in [0.2, 0.25) is 0 Å². The van der Waals surface area contributed by atoms with E-state index in [1.165, 1.54) is 76.0 Å². The van der Waals surface area contributed by atoms with Crippen molar-refractivity contribution in [2.24, 2.45) is 0 Å². The maximum Gasteiger partial charge on any atom is 0.278 e. The summed E-state index contributed by atoms with van der Waals surface area (Å²) in [5.41, 5.74) is 0. The van der Waals surface area contributed by atoms with Crippen LogP contribution in [-0.2, 0) is 4.79 Å². The van der Waals surface area contributed by atoms with Crippen molar-refractivity contribution < 1.29 is 14.6 Å². The Balaban J connectivity index is 1.43. The third kappa shape index (κ3) is 3.53. The average Bonchev–Trinajstić information content (AvgIpc) is 3.31. The molecule has 0 aromatic carbocycles. The first-order valence-corrected chi connectivity index (χ1v) is 8.73. The number of piperidine rings is 2. The third-order valence-electron chi connectivity index (χ3n) is 5.63. The number of hydrogen-bond acceptors (Lipinski definition) is 1. The summed E-state index contributed by atoms with van der Waals surface area (Å²) in [6.07, 6.45) is 9.27. The van der Waals surface area contributed by atoms with Gasteiger partial charge in [-0.3, -0.25) is 4.79 Å². The quantitative estimate of drug-likeness (QED) is 0.593. The summed E-state index contributed by atoms with van der Waals surface area (Å²) in [6, 6.07) is 1.52. The largest absolute Gasteiger partial charge is 0.348 e. The summed E-state index contributed by atoms with van der Waals surface area (Å²) in [4.78, 5) is 15.5. The van der Waals surface area contributed by atoms with Crippen LogP contribution in [-0.4, -0.2) is 50.2 Å². The number of likely N-dealkylation sites (tertiary alicyclic amines) is 2. The Morgan fingerprint density at radius 1 is 1.00 bits per heavy atom. The predicted octanol–water partition coefficient (Wildman–Crippen LogP) is -1.23. The Bertz CT molecular complexity index is 329. The molecule has 3 fully saturated rings. The Morgan fingerprint density at radius 3 is 2.25 bits per heavy atom. The molecule has 3 N–H and O–H groups in total. The average molecular weight is 281 g/mol. The van der Waals surface area contributed by atoms with Crippen molar-refractivity contribution in [1.29, 1.82) is 0 Å². The minimum absolute atomic E-state index is 0.146. The monoisotopic (exact) mass is 281 g/mol. The molecule has 0 unspecified atom stereocenters. The topological polar surface area (TPSA) is 38.0 Å². The summed E-state index contributed by atoms with van der Waals surface area (Å²) in [5.74, 6) is 0.284. The van der Waals surface area contributed by atoms with E-state index in [0.29, 0.717) is 6.04 Å². The van der Waals surface area contributed by atoms with Crippen molar-refractivity contribution in [3.8, 4) is 0 Å². The van der Waals surface area contributed by atoms with Crippen LogP contribution >= 0.6 is 0 Å². The molecule has 0 radical (unpaired) electrons. The van der Waals surface area contributed by atoms with E-state index in [-0.39, 0.29) is 11.9 Å². The molecule has 1 atom stereocenters. The number of rotatable bonds is 4. The number of nitrogens with one attached hydrogen (secondary N) is 3.